The molecular formula is C14H14N2O3. The van der Waals surface area contributed by atoms with Gasteiger partial charge in [0.15, 0.2) is 0 Å². The molecule has 0 saturated carbocycles. The third-order valence-electron chi connectivity index (χ3n) is 2.78. The Balaban J connectivity index is 2.23. The van der Waals surface area contributed by atoms with Crippen LogP contribution >= 0.6 is 0 Å². The van der Waals surface area contributed by atoms with E-state index >= 15 is 0 Å². The highest BCUT2D eigenvalue weighted by atomic mass is 16.4. The molecule has 98 valence electrons. The number of nitrogens with zero attached hydrogens (tertiary/aromatic N) is 1. The van der Waals surface area contributed by atoms with Crippen LogP contribution in [0.4, 0.5) is 0 Å². The van der Waals surface area contributed by atoms with E-state index in [2.05, 4.69) is 10.3 Å². The predicted octanol–water partition coefficient (Wildman–Crippen LogP) is 1.37. The van der Waals surface area contributed by atoms with Gasteiger partial charge in [-0.3, -0.25) is 9.78 Å². The highest BCUT2D eigenvalue weighted by Crippen LogP contribution is 2.14. The third kappa shape index (κ3) is 3.28. The number of hydrogen-bond acceptors (Lipinski definition) is 3. The van der Waals surface area contributed by atoms with Gasteiger partial charge in [0.2, 0.25) is 5.91 Å². The predicted molar refractivity (Wildman–Crippen MR) is 70.7 cm³/mol. The van der Waals surface area contributed by atoms with E-state index in [-0.39, 0.29) is 12.3 Å². The summed E-state index contributed by atoms with van der Waals surface area (Å²) in [5, 5.41) is 12.4. The van der Waals surface area contributed by atoms with E-state index in [9.17, 15) is 9.59 Å². The minimum atomic E-state index is -1.04. The summed E-state index contributed by atoms with van der Waals surface area (Å²) in [7, 11) is 0. The number of hydrogen-bond donors (Lipinski definition) is 2. The topological polar surface area (TPSA) is 79.3 Å². The third-order valence-corrected chi connectivity index (χ3v) is 2.78. The van der Waals surface area contributed by atoms with Gasteiger partial charge in [0.1, 0.15) is 6.04 Å². The lowest BCUT2D eigenvalue weighted by atomic mass is 10.0. The van der Waals surface area contributed by atoms with Crippen molar-refractivity contribution in [3.05, 3.63) is 42.1 Å². The Morgan fingerprint density at radius 3 is 2.84 bits per heavy atom. The SMILES string of the molecule is CC(=O)N[C@H](Cc1ccc2ncccc2c1)C(=O)O. The summed E-state index contributed by atoms with van der Waals surface area (Å²) < 4.78 is 0. The molecule has 0 spiro atoms. The number of nitrogens with one attached hydrogen (secondary N) is 1. The summed E-state index contributed by atoms with van der Waals surface area (Å²) >= 11 is 0. The smallest absolute Gasteiger partial charge is 0.326 e. The summed E-state index contributed by atoms with van der Waals surface area (Å²) in [6.45, 7) is 1.31. The molecule has 0 aliphatic rings. The summed E-state index contributed by atoms with van der Waals surface area (Å²) in [6, 6.07) is 8.39. The van der Waals surface area contributed by atoms with Crippen molar-refractivity contribution in [2.45, 2.75) is 19.4 Å². The molecule has 5 nitrogen and oxygen atoms in total. The first kappa shape index (κ1) is 13.0. The molecule has 1 heterocycles. The van der Waals surface area contributed by atoms with Crippen LogP contribution in [0.3, 0.4) is 0 Å². The molecule has 0 aliphatic carbocycles. The molecule has 1 atom stereocenters. The molecular weight excluding hydrogens is 244 g/mol. The van der Waals surface area contributed by atoms with Gasteiger partial charge >= 0.3 is 5.97 Å². The quantitative estimate of drug-likeness (QED) is 0.868. The number of fused-ring (bicyclic) bond motifs is 1. The number of aromatic nitrogens is 1. The number of aliphatic carboxylic acids is 1. The first-order valence-corrected chi connectivity index (χ1v) is 5.90. The van der Waals surface area contributed by atoms with E-state index in [1.807, 2.05) is 30.3 Å². The maximum atomic E-state index is 11.1. The monoisotopic (exact) mass is 258 g/mol. The van der Waals surface area contributed by atoms with Crippen LogP contribution in [-0.2, 0) is 16.0 Å². The molecule has 1 aromatic carbocycles. The second kappa shape index (κ2) is 5.48. The highest BCUT2D eigenvalue weighted by molar-refractivity contribution is 5.83. The van der Waals surface area contributed by atoms with Crippen LogP contribution in [-0.4, -0.2) is 28.0 Å². The second-order valence-corrected chi connectivity index (χ2v) is 4.33. The van der Waals surface area contributed by atoms with E-state index < -0.39 is 12.0 Å². The lowest BCUT2D eigenvalue weighted by molar-refractivity contribution is -0.141. The number of benzene rings is 1. The highest BCUT2D eigenvalue weighted by Gasteiger charge is 2.18. The van der Waals surface area contributed by atoms with Crippen LogP contribution in [0.5, 0.6) is 0 Å². The van der Waals surface area contributed by atoms with Gasteiger partial charge in [-0.15, -0.1) is 0 Å². The molecule has 0 saturated heterocycles. The maximum Gasteiger partial charge on any atom is 0.326 e. The fourth-order valence-corrected chi connectivity index (χ4v) is 1.93. The maximum absolute atomic E-state index is 11.1. The van der Waals surface area contributed by atoms with E-state index in [4.69, 9.17) is 5.11 Å². The molecule has 0 bridgehead atoms. The Kier molecular flexibility index (Phi) is 3.75. The van der Waals surface area contributed by atoms with E-state index in [1.54, 1.807) is 6.20 Å². The molecule has 2 aromatic rings. The molecule has 1 amide bonds. The van der Waals surface area contributed by atoms with Crippen molar-refractivity contribution >= 4 is 22.8 Å². The molecule has 5 heteroatoms. The van der Waals surface area contributed by atoms with E-state index in [0.29, 0.717) is 0 Å². The number of carbonyl (C=O) groups is 2. The first-order valence-electron chi connectivity index (χ1n) is 5.90. The lowest BCUT2D eigenvalue weighted by Gasteiger charge is -2.13. The summed E-state index contributed by atoms with van der Waals surface area (Å²) in [5.41, 5.74) is 1.71. The number of carboxylic acids is 1. The zero-order chi connectivity index (χ0) is 13.8. The fraction of sp³-hybridized carbons (Fsp3) is 0.214. The van der Waals surface area contributed by atoms with Crippen LogP contribution in [0.2, 0.25) is 0 Å². The first-order chi connectivity index (χ1) is 9.06. The average Bonchev–Trinajstić information content (AvgIpc) is 2.37. The van der Waals surface area contributed by atoms with Crippen LogP contribution in [0.1, 0.15) is 12.5 Å². The number of rotatable bonds is 4. The van der Waals surface area contributed by atoms with Gasteiger partial charge in [-0.2, -0.15) is 0 Å². The van der Waals surface area contributed by atoms with Gasteiger partial charge < -0.3 is 10.4 Å². The average molecular weight is 258 g/mol. The lowest BCUT2D eigenvalue weighted by Crippen LogP contribution is -2.41. The number of amides is 1. The molecule has 1 aromatic heterocycles. The standard InChI is InChI=1S/C14H14N2O3/c1-9(17)16-13(14(18)19)8-10-4-5-12-11(7-10)3-2-6-15-12/h2-7,13H,8H2,1H3,(H,16,17)(H,18,19)/t13-/m1/s1. The zero-order valence-corrected chi connectivity index (χ0v) is 10.5. The molecule has 0 aliphatic heterocycles. The van der Waals surface area contributed by atoms with Crippen molar-refractivity contribution < 1.29 is 14.7 Å². The number of carboxylic acid groups (broad SMARTS) is 1. The Bertz CT molecular complexity index is 625. The van der Waals surface area contributed by atoms with Crippen molar-refractivity contribution in [3.8, 4) is 0 Å². The van der Waals surface area contributed by atoms with Gasteiger partial charge in [0.25, 0.3) is 0 Å². The molecule has 0 radical (unpaired) electrons. The van der Waals surface area contributed by atoms with Crippen molar-refractivity contribution in [1.29, 1.82) is 0 Å². The number of pyridine rings is 1. The Morgan fingerprint density at radius 1 is 1.37 bits per heavy atom. The normalized spacial score (nSPS) is 12.1. The van der Waals surface area contributed by atoms with Crippen LogP contribution in [0.25, 0.3) is 10.9 Å². The summed E-state index contributed by atoms with van der Waals surface area (Å²) in [5.74, 6) is -1.39. The van der Waals surface area contributed by atoms with Crippen LogP contribution in [0.15, 0.2) is 36.5 Å². The molecule has 2 N–H and O–H groups in total. The van der Waals surface area contributed by atoms with Crippen LogP contribution in [0, 0.1) is 0 Å². The van der Waals surface area contributed by atoms with E-state index in [1.165, 1.54) is 6.92 Å². The van der Waals surface area contributed by atoms with Crippen LogP contribution < -0.4 is 5.32 Å². The summed E-state index contributed by atoms with van der Waals surface area (Å²) in [6.07, 6.45) is 1.96. The fourth-order valence-electron chi connectivity index (χ4n) is 1.93. The van der Waals surface area contributed by atoms with Gasteiger partial charge in [-0.25, -0.2) is 4.79 Å². The second-order valence-electron chi connectivity index (χ2n) is 4.33. The molecule has 19 heavy (non-hydrogen) atoms. The van der Waals surface area contributed by atoms with Crippen molar-refractivity contribution in [2.75, 3.05) is 0 Å². The molecule has 0 fully saturated rings. The molecule has 2 rings (SSSR count). The number of carbonyl (C=O) groups excluding carboxylic acids is 1. The van der Waals surface area contributed by atoms with Crippen molar-refractivity contribution in [2.24, 2.45) is 0 Å². The van der Waals surface area contributed by atoms with Gasteiger partial charge in [-0.1, -0.05) is 12.1 Å². The Morgan fingerprint density at radius 2 is 2.16 bits per heavy atom. The van der Waals surface area contributed by atoms with Gasteiger partial charge in [-0.05, 0) is 23.8 Å². The van der Waals surface area contributed by atoms with Gasteiger partial charge in [0, 0.05) is 24.9 Å². The van der Waals surface area contributed by atoms with Crippen molar-refractivity contribution in [3.63, 3.8) is 0 Å². The van der Waals surface area contributed by atoms with Gasteiger partial charge in [0.05, 0.1) is 5.52 Å². The minimum absolute atomic E-state index is 0.250. The Labute approximate surface area is 110 Å². The van der Waals surface area contributed by atoms with E-state index in [0.717, 1.165) is 16.5 Å². The zero-order valence-electron chi connectivity index (χ0n) is 10.5. The minimum Gasteiger partial charge on any atom is -0.480 e. The Hall–Kier alpha value is -2.43. The largest absolute Gasteiger partial charge is 0.480 e. The summed E-state index contributed by atoms with van der Waals surface area (Å²) in [4.78, 5) is 26.3. The molecule has 0 unspecified atom stereocenters. The van der Waals surface area contributed by atoms with Crippen molar-refractivity contribution in [1.82, 2.24) is 10.3 Å².